The number of aromatic nitrogens is 2. The lowest BCUT2D eigenvalue weighted by Gasteiger charge is -2.14. The number of para-hydroxylation sites is 1. The quantitative estimate of drug-likeness (QED) is 0.420. The Kier molecular flexibility index (Phi) is 2.94. The standard InChI is InChI=1S/C22H14N2O/c25-22-19-11-4-3-9-17(19)18-10-5-6-12-20(18)24(22)21-16-8-2-1-7-15(16)13-14-23-21/h1-14H. The first-order valence-electron chi connectivity index (χ1n) is 8.21. The molecule has 0 fully saturated rings. The van der Waals surface area contributed by atoms with Gasteiger partial charge >= 0.3 is 0 Å². The number of hydrogen-bond acceptors (Lipinski definition) is 2. The lowest BCUT2D eigenvalue weighted by atomic mass is 10.1. The average molecular weight is 322 g/mol. The minimum atomic E-state index is -0.0434. The molecule has 0 aliphatic rings. The van der Waals surface area contributed by atoms with Crippen molar-refractivity contribution in [1.82, 2.24) is 9.55 Å². The second-order valence-electron chi connectivity index (χ2n) is 6.06. The predicted molar refractivity (Wildman–Crippen MR) is 102 cm³/mol. The normalized spacial score (nSPS) is 11.4. The molecule has 25 heavy (non-hydrogen) atoms. The zero-order valence-electron chi connectivity index (χ0n) is 13.4. The summed E-state index contributed by atoms with van der Waals surface area (Å²) in [7, 11) is 0. The first-order valence-corrected chi connectivity index (χ1v) is 8.21. The third-order valence-corrected chi connectivity index (χ3v) is 4.66. The Hall–Kier alpha value is -3.46. The van der Waals surface area contributed by atoms with Gasteiger partial charge in [-0.15, -0.1) is 0 Å². The highest BCUT2D eigenvalue weighted by molar-refractivity contribution is 6.06. The Bertz CT molecular complexity index is 1310. The van der Waals surface area contributed by atoms with Gasteiger partial charge in [-0.25, -0.2) is 4.98 Å². The summed E-state index contributed by atoms with van der Waals surface area (Å²) in [6, 6.07) is 25.7. The summed E-state index contributed by atoms with van der Waals surface area (Å²) < 4.78 is 1.74. The van der Waals surface area contributed by atoms with Crippen LogP contribution in [-0.2, 0) is 0 Å². The van der Waals surface area contributed by atoms with Crippen molar-refractivity contribution in [3.05, 3.63) is 95.4 Å². The molecule has 2 heterocycles. The zero-order chi connectivity index (χ0) is 16.8. The molecule has 0 amide bonds. The van der Waals surface area contributed by atoms with E-state index in [0.29, 0.717) is 11.2 Å². The molecule has 3 nitrogen and oxygen atoms in total. The van der Waals surface area contributed by atoms with Crippen molar-refractivity contribution < 1.29 is 0 Å². The van der Waals surface area contributed by atoms with Crippen LogP contribution in [0, 0.1) is 0 Å². The molecule has 0 unspecified atom stereocenters. The molecule has 0 spiro atoms. The Morgan fingerprint density at radius 2 is 1.28 bits per heavy atom. The van der Waals surface area contributed by atoms with Gasteiger partial charge in [0.05, 0.1) is 5.52 Å². The molecule has 3 heteroatoms. The van der Waals surface area contributed by atoms with Gasteiger partial charge in [0.1, 0.15) is 5.82 Å². The van der Waals surface area contributed by atoms with Crippen LogP contribution in [0.3, 0.4) is 0 Å². The number of benzene rings is 3. The zero-order valence-corrected chi connectivity index (χ0v) is 13.4. The van der Waals surface area contributed by atoms with Crippen molar-refractivity contribution in [3.63, 3.8) is 0 Å². The molecular formula is C22H14N2O. The average Bonchev–Trinajstić information content (AvgIpc) is 2.68. The van der Waals surface area contributed by atoms with Crippen LogP contribution < -0.4 is 5.56 Å². The van der Waals surface area contributed by atoms with Crippen molar-refractivity contribution in [2.24, 2.45) is 0 Å². The maximum Gasteiger partial charge on any atom is 0.264 e. The van der Waals surface area contributed by atoms with Gasteiger partial charge < -0.3 is 0 Å². The lowest BCUT2D eigenvalue weighted by Crippen LogP contribution is -2.20. The molecule has 0 aliphatic heterocycles. The van der Waals surface area contributed by atoms with Crippen molar-refractivity contribution in [2.75, 3.05) is 0 Å². The molecule has 118 valence electrons. The van der Waals surface area contributed by atoms with Crippen LogP contribution in [-0.4, -0.2) is 9.55 Å². The van der Waals surface area contributed by atoms with E-state index in [2.05, 4.69) is 11.1 Å². The van der Waals surface area contributed by atoms with Gasteiger partial charge in [0, 0.05) is 22.4 Å². The highest BCUT2D eigenvalue weighted by atomic mass is 16.1. The van der Waals surface area contributed by atoms with E-state index >= 15 is 0 Å². The van der Waals surface area contributed by atoms with Crippen molar-refractivity contribution in [1.29, 1.82) is 0 Å². The maximum absolute atomic E-state index is 13.3. The highest BCUT2D eigenvalue weighted by Gasteiger charge is 2.14. The number of rotatable bonds is 1. The van der Waals surface area contributed by atoms with Gasteiger partial charge in [-0.3, -0.25) is 9.36 Å². The molecule has 0 saturated carbocycles. The molecule has 0 atom stereocenters. The van der Waals surface area contributed by atoms with Crippen LogP contribution in [0.15, 0.2) is 89.9 Å². The van der Waals surface area contributed by atoms with Crippen molar-refractivity contribution in [3.8, 4) is 5.82 Å². The minimum Gasteiger partial charge on any atom is -0.268 e. The van der Waals surface area contributed by atoms with E-state index in [-0.39, 0.29) is 5.56 Å². The first kappa shape index (κ1) is 13.9. The van der Waals surface area contributed by atoms with Gasteiger partial charge in [0.15, 0.2) is 0 Å². The van der Waals surface area contributed by atoms with Gasteiger partial charge in [-0.2, -0.15) is 0 Å². The first-order chi connectivity index (χ1) is 12.3. The SMILES string of the molecule is O=c1c2ccccc2c2ccccc2n1-c1nccc2ccccc12. The molecule has 0 saturated heterocycles. The van der Waals surface area contributed by atoms with Gasteiger partial charge in [-0.1, -0.05) is 60.7 Å². The Morgan fingerprint density at radius 3 is 2.12 bits per heavy atom. The summed E-state index contributed by atoms with van der Waals surface area (Å²) in [5.41, 5.74) is 0.827. The highest BCUT2D eigenvalue weighted by Crippen LogP contribution is 2.26. The van der Waals surface area contributed by atoms with E-state index in [9.17, 15) is 4.79 Å². The van der Waals surface area contributed by atoms with E-state index in [0.717, 1.165) is 27.1 Å². The monoisotopic (exact) mass is 322 g/mol. The van der Waals surface area contributed by atoms with Gasteiger partial charge in [0.25, 0.3) is 5.56 Å². The molecule has 0 radical (unpaired) electrons. The summed E-state index contributed by atoms with van der Waals surface area (Å²) in [5.74, 6) is 0.671. The Morgan fingerprint density at radius 1 is 0.640 bits per heavy atom. The fraction of sp³-hybridized carbons (Fsp3) is 0. The molecule has 2 aromatic heterocycles. The van der Waals surface area contributed by atoms with Crippen molar-refractivity contribution in [2.45, 2.75) is 0 Å². The van der Waals surface area contributed by atoms with Crippen LogP contribution in [0.25, 0.3) is 38.3 Å². The predicted octanol–water partition coefficient (Wildman–Crippen LogP) is 4.69. The molecule has 3 aromatic carbocycles. The third-order valence-electron chi connectivity index (χ3n) is 4.66. The summed E-state index contributed by atoms with van der Waals surface area (Å²) in [5, 5.41) is 4.76. The molecule has 5 rings (SSSR count). The fourth-order valence-corrected chi connectivity index (χ4v) is 3.52. The lowest BCUT2D eigenvalue weighted by molar-refractivity contribution is 1.01. The van der Waals surface area contributed by atoms with Crippen LogP contribution in [0.4, 0.5) is 0 Å². The molecule has 0 aliphatic carbocycles. The summed E-state index contributed by atoms with van der Waals surface area (Å²) in [6.07, 6.45) is 1.76. The number of pyridine rings is 2. The molecule has 0 N–H and O–H groups in total. The fourth-order valence-electron chi connectivity index (χ4n) is 3.52. The van der Waals surface area contributed by atoms with Crippen LogP contribution >= 0.6 is 0 Å². The molecule has 5 aromatic rings. The topological polar surface area (TPSA) is 34.9 Å². The van der Waals surface area contributed by atoms with Crippen LogP contribution in [0.1, 0.15) is 0 Å². The second-order valence-corrected chi connectivity index (χ2v) is 6.06. The van der Waals surface area contributed by atoms with Gasteiger partial charge in [-0.05, 0) is 29.0 Å². The molecular weight excluding hydrogens is 308 g/mol. The summed E-state index contributed by atoms with van der Waals surface area (Å²) >= 11 is 0. The third kappa shape index (κ3) is 1.99. The summed E-state index contributed by atoms with van der Waals surface area (Å²) in [6.45, 7) is 0. The van der Waals surface area contributed by atoms with Gasteiger partial charge in [0.2, 0.25) is 0 Å². The van der Waals surface area contributed by atoms with E-state index in [1.165, 1.54) is 0 Å². The van der Waals surface area contributed by atoms with Crippen LogP contribution in [0.5, 0.6) is 0 Å². The van der Waals surface area contributed by atoms with E-state index in [1.54, 1.807) is 10.8 Å². The van der Waals surface area contributed by atoms with Crippen molar-refractivity contribution >= 4 is 32.4 Å². The maximum atomic E-state index is 13.3. The van der Waals surface area contributed by atoms with E-state index in [4.69, 9.17) is 0 Å². The Balaban J connectivity index is 2.05. The van der Waals surface area contributed by atoms with Crippen LogP contribution in [0.2, 0.25) is 0 Å². The number of nitrogens with zero attached hydrogens (tertiary/aromatic N) is 2. The Labute approximate surface area is 143 Å². The number of fused-ring (bicyclic) bond motifs is 4. The number of hydrogen-bond donors (Lipinski definition) is 0. The minimum absolute atomic E-state index is 0.0434. The van der Waals surface area contributed by atoms with E-state index in [1.807, 2.05) is 72.8 Å². The molecule has 0 bridgehead atoms. The largest absolute Gasteiger partial charge is 0.268 e. The van der Waals surface area contributed by atoms with E-state index < -0.39 is 0 Å². The smallest absolute Gasteiger partial charge is 0.264 e. The summed E-state index contributed by atoms with van der Waals surface area (Å²) in [4.78, 5) is 17.9. The second kappa shape index (κ2) is 5.28.